The molecule has 0 radical (unpaired) electrons. The van der Waals surface area contributed by atoms with E-state index in [1.54, 1.807) is 30.7 Å². The number of aromatic amines is 1. The molecule has 0 fully saturated rings. The van der Waals surface area contributed by atoms with Gasteiger partial charge in [-0.15, -0.1) is 11.3 Å². The lowest BCUT2D eigenvalue weighted by atomic mass is 10.1. The second kappa shape index (κ2) is 7.10. The molecule has 1 aromatic carbocycles. The fourth-order valence-electron chi connectivity index (χ4n) is 2.09. The van der Waals surface area contributed by atoms with E-state index < -0.39 is 0 Å². The molecule has 0 aliphatic carbocycles. The normalized spacial score (nSPS) is 10.9. The van der Waals surface area contributed by atoms with Crippen molar-refractivity contribution >= 4 is 23.5 Å². The molecule has 0 aliphatic rings. The molecule has 2 heterocycles. The van der Waals surface area contributed by atoms with E-state index in [0.717, 1.165) is 16.2 Å². The highest BCUT2D eigenvalue weighted by Gasteiger charge is 2.10. The van der Waals surface area contributed by atoms with E-state index in [1.165, 1.54) is 4.88 Å². The van der Waals surface area contributed by atoms with Gasteiger partial charge < -0.3 is 4.74 Å². The van der Waals surface area contributed by atoms with Crippen LogP contribution in [0.15, 0.2) is 47.6 Å². The van der Waals surface area contributed by atoms with E-state index in [-0.39, 0.29) is 5.91 Å². The maximum Gasteiger partial charge on any atom is 0.289 e. The minimum absolute atomic E-state index is 0.341. The zero-order valence-electron chi connectivity index (χ0n) is 13.2. The van der Waals surface area contributed by atoms with Crippen LogP contribution in [0.5, 0.6) is 5.75 Å². The van der Waals surface area contributed by atoms with Crippen molar-refractivity contribution < 1.29 is 9.53 Å². The summed E-state index contributed by atoms with van der Waals surface area (Å²) in [6.45, 7) is 2.02. The number of nitrogens with zero attached hydrogens (tertiary/aromatic N) is 2. The number of carbonyl (C=O) groups is 1. The van der Waals surface area contributed by atoms with Crippen molar-refractivity contribution in [2.75, 3.05) is 7.11 Å². The Balaban J connectivity index is 1.65. The van der Waals surface area contributed by atoms with Crippen LogP contribution in [-0.2, 0) is 0 Å². The lowest BCUT2D eigenvalue weighted by molar-refractivity contribution is 0.0950. The molecule has 3 rings (SSSR count). The molecule has 6 nitrogen and oxygen atoms in total. The Morgan fingerprint density at radius 2 is 2.08 bits per heavy atom. The number of H-pyrrole nitrogens is 1. The zero-order valence-corrected chi connectivity index (χ0v) is 14.1. The van der Waals surface area contributed by atoms with Crippen LogP contribution in [0.1, 0.15) is 20.2 Å². The van der Waals surface area contributed by atoms with Crippen LogP contribution in [0.4, 0.5) is 0 Å². The van der Waals surface area contributed by atoms with Crippen LogP contribution in [0.3, 0.4) is 0 Å². The molecule has 7 heteroatoms. The molecule has 0 saturated heterocycles. The van der Waals surface area contributed by atoms with Gasteiger partial charge in [-0.3, -0.25) is 9.89 Å². The Labute approximate surface area is 143 Å². The van der Waals surface area contributed by atoms with E-state index in [1.807, 2.05) is 43.3 Å². The molecule has 24 heavy (non-hydrogen) atoms. The van der Waals surface area contributed by atoms with Crippen LogP contribution in [0.2, 0.25) is 0 Å². The SMILES string of the molecule is COc1ccc(-c2cc(C(=O)NN=Cc3ccc(C)s3)[nH]n2)cc1. The van der Waals surface area contributed by atoms with Crippen molar-refractivity contribution in [1.82, 2.24) is 15.6 Å². The maximum atomic E-state index is 12.1. The van der Waals surface area contributed by atoms with E-state index in [0.29, 0.717) is 11.4 Å². The maximum absolute atomic E-state index is 12.1. The Morgan fingerprint density at radius 3 is 2.75 bits per heavy atom. The highest BCUT2D eigenvalue weighted by atomic mass is 32.1. The highest BCUT2D eigenvalue weighted by molar-refractivity contribution is 7.13. The molecule has 0 bridgehead atoms. The van der Waals surface area contributed by atoms with Crippen molar-refractivity contribution in [3.8, 4) is 17.0 Å². The topological polar surface area (TPSA) is 79.4 Å². The molecular formula is C17H16N4O2S. The minimum Gasteiger partial charge on any atom is -0.497 e. The van der Waals surface area contributed by atoms with E-state index in [9.17, 15) is 4.79 Å². The smallest absolute Gasteiger partial charge is 0.289 e. The molecule has 0 unspecified atom stereocenters. The second-order valence-electron chi connectivity index (χ2n) is 5.04. The molecular weight excluding hydrogens is 324 g/mol. The molecule has 0 aliphatic heterocycles. The summed E-state index contributed by atoms with van der Waals surface area (Å²) < 4.78 is 5.12. The number of nitrogens with one attached hydrogen (secondary N) is 2. The summed E-state index contributed by atoms with van der Waals surface area (Å²) in [5.41, 5.74) is 4.41. The van der Waals surface area contributed by atoms with Crippen LogP contribution >= 0.6 is 11.3 Å². The quantitative estimate of drug-likeness (QED) is 0.553. The lowest BCUT2D eigenvalue weighted by Gasteiger charge is -1.99. The van der Waals surface area contributed by atoms with E-state index >= 15 is 0 Å². The number of aromatic nitrogens is 2. The number of hydrogen-bond acceptors (Lipinski definition) is 5. The second-order valence-corrected chi connectivity index (χ2v) is 6.36. The Hall–Kier alpha value is -2.93. The summed E-state index contributed by atoms with van der Waals surface area (Å²) in [5.74, 6) is 0.428. The van der Waals surface area contributed by atoms with E-state index in [4.69, 9.17) is 4.74 Å². The molecule has 122 valence electrons. The number of methoxy groups -OCH3 is 1. The number of ether oxygens (including phenoxy) is 1. The number of rotatable bonds is 5. The summed E-state index contributed by atoms with van der Waals surface area (Å²) in [6, 6.07) is 13.1. The third-order valence-electron chi connectivity index (χ3n) is 3.33. The first kappa shape index (κ1) is 15.9. The number of carbonyl (C=O) groups excluding carboxylic acids is 1. The molecule has 0 saturated carbocycles. The highest BCUT2D eigenvalue weighted by Crippen LogP contribution is 2.21. The van der Waals surface area contributed by atoms with Gasteiger partial charge >= 0.3 is 0 Å². The molecule has 2 aromatic heterocycles. The van der Waals surface area contributed by atoms with Gasteiger partial charge in [0, 0.05) is 15.3 Å². The predicted octanol–water partition coefficient (Wildman–Crippen LogP) is 3.22. The molecule has 0 spiro atoms. The number of hydrazone groups is 1. The Kier molecular flexibility index (Phi) is 4.72. The third-order valence-corrected chi connectivity index (χ3v) is 4.26. The number of hydrogen-bond donors (Lipinski definition) is 2. The van der Waals surface area contributed by atoms with Gasteiger partial charge in [-0.05, 0) is 49.4 Å². The minimum atomic E-state index is -0.341. The molecule has 0 atom stereocenters. The van der Waals surface area contributed by atoms with Crippen molar-refractivity contribution in [3.63, 3.8) is 0 Å². The average Bonchev–Trinajstić information content (AvgIpc) is 3.24. The molecule has 3 aromatic rings. The number of amides is 1. The predicted molar refractivity (Wildman–Crippen MR) is 94.7 cm³/mol. The van der Waals surface area contributed by atoms with Crippen LogP contribution < -0.4 is 10.2 Å². The van der Waals surface area contributed by atoms with Crippen LogP contribution in [-0.4, -0.2) is 29.4 Å². The lowest BCUT2D eigenvalue weighted by Crippen LogP contribution is -2.17. The van der Waals surface area contributed by atoms with E-state index in [2.05, 4.69) is 20.7 Å². The van der Waals surface area contributed by atoms with Crippen molar-refractivity contribution in [1.29, 1.82) is 0 Å². The van der Waals surface area contributed by atoms with Crippen LogP contribution in [0.25, 0.3) is 11.3 Å². The van der Waals surface area contributed by atoms with Gasteiger partial charge in [0.05, 0.1) is 19.0 Å². The van der Waals surface area contributed by atoms with Gasteiger partial charge in [0.1, 0.15) is 11.4 Å². The first-order valence-electron chi connectivity index (χ1n) is 7.25. The van der Waals surface area contributed by atoms with Crippen molar-refractivity contribution in [3.05, 3.63) is 57.9 Å². The van der Waals surface area contributed by atoms with Crippen molar-refractivity contribution in [2.24, 2.45) is 5.10 Å². The first-order valence-corrected chi connectivity index (χ1v) is 8.07. The van der Waals surface area contributed by atoms with Gasteiger partial charge in [-0.1, -0.05) is 0 Å². The van der Waals surface area contributed by atoms with Gasteiger partial charge in [0.2, 0.25) is 0 Å². The summed E-state index contributed by atoms with van der Waals surface area (Å²) in [5, 5.41) is 10.8. The summed E-state index contributed by atoms with van der Waals surface area (Å²) in [4.78, 5) is 14.3. The molecule has 2 N–H and O–H groups in total. The first-order chi connectivity index (χ1) is 11.7. The fraction of sp³-hybridized carbons (Fsp3) is 0.118. The van der Waals surface area contributed by atoms with Gasteiger partial charge in [-0.25, -0.2) is 5.43 Å². The van der Waals surface area contributed by atoms with Crippen molar-refractivity contribution in [2.45, 2.75) is 6.92 Å². The summed E-state index contributed by atoms with van der Waals surface area (Å²) in [6.07, 6.45) is 1.62. The van der Waals surface area contributed by atoms with Gasteiger partial charge in [0.25, 0.3) is 5.91 Å². The number of benzene rings is 1. The Bertz CT molecular complexity index is 865. The standard InChI is InChI=1S/C17H16N4O2S/c1-11-3-8-14(24-11)10-18-21-17(22)16-9-15(19-20-16)12-4-6-13(23-2)7-5-12/h3-10H,1-2H3,(H,19,20)(H,21,22). The zero-order chi connectivity index (χ0) is 16.9. The summed E-state index contributed by atoms with van der Waals surface area (Å²) >= 11 is 1.61. The summed E-state index contributed by atoms with van der Waals surface area (Å²) in [7, 11) is 1.62. The largest absolute Gasteiger partial charge is 0.497 e. The monoisotopic (exact) mass is 340 g/mol. The van der Waals surface area contributed by atoms with Crippen LogP contribution in [0, 0.1) is 6.92 Å². The number of aryl methyl sites for hydroxylation is 1. The molecule has 1 amide bonds. The third kappa shape index (κ3) is 3.69. The van der Waals surface area contributed by atoms with Gasteiger partial charge in [-0.2, -0.15) is 10.2 Å². The Morgan fingerprint density at radius 1 is 1.29 bits per heavy atom. The fourth-order valence-corrected chi connectivity index (χ4v) is 2.83. The average molecular weight is 340 g/mol. The van der Waals surface area contributed by atoms with Gasteiger partial charge in [0.15, 0.2) is 0 Å². The number of thiophene rings is 1.